The van der Waals surface area contributed by atoms with Crippen molar-refractivity contribution in [2.24, 2.45) is 10.4 Å². The van der Waals surface area contributed by atoms with E-state index in [1.54, 1.807) is 14.2 Å². The first kappa shape index (κ1) is 20.0. The number of aliphatic imine (C=N–C) groups is 1. The monoisotopic (exact) mass is 378 g/mol. The molecular weight excluding hydrogens is 353 g/mol. The Morgan fingerprint density at radius 1 is 1.44 bits per heavy atom. The minimum Gasteiger partial charge on any atom is -0.378 e. The third kappa shape index (κ3) is 4.08. The fourth-order valence-electron chi connectivity index (χ4n) is 2.93. The highest BCUT2D eigenvalue weighted by molar-refractivity contribution is 7.09. The average molecular weight is 378 g/mol. The summed E-state index contributed by atoms with van der Waals surface area (Å²) in [6.07, 6.45) is -3.12. The Bertz CT molecular complexity index is 629. The number of nitrogens with zero attached hydrogens (tertiary/aromatic N) is 2. The molecule has 2 atom stereocenters. The second-order valence-corrected chi connectivity index (χ2v) is 7.87. The number of hydrogen-bond donors (Lipinski definition) is 2. The first-order chi connectivity index (χ1) is 11.5. The van der Waals surface area contributed by atoms with Crippen molar-refractivity contribution < 1.29 is 17.9 Å². The van der Waals surface area contributed by atoms with Crippen LogP contribution in [0.3, 0.4) is 0 Å². The molecule has 1 aliphatic carbocycles. The van der Waals surface area contributed by atoms with E-state index in [9.17, 15) is 13.2 Å². The molecule has 0 bridgehead atoms. The number of alkyl halides is 3. The normalized spacial score (nSPS) is 26.2. The van der Waals surface area contributed by atoms with Crippen LogP contribution in [0.2, 0.25) is 0 Å². The van der Waals surface area contributed by atoms with Crippen LogP contribution in [0.4, 0.5) is 13.2 Å². The molecule has 1 aliphatic rings. The Kier molecular flexibility index (Phi) is 5.68. The van der Waals surface area contributed by atoms with Crippen molar-refractivity contribution in [2.45, 2.75) is 51.4 Å². The fourth-order valence-corrected chi connectivity index (χ4v) is 3.73. The summed E-state index contributed by atoms with van der Waals surface area (Å²) in [5.41, 5.74) is -1.07. The third-order valence-electron chi connectivity index (χ3n) is 5.29. The van der Waals surface area contributed by atoms with Crippen LogP contribution in [0.15, 0.2) is 10.4 Å². The van der Waals surface area contributed by atoms with Gasteiger partial charge in [-0.15, -0.1) is 11.3 Å². The van der Waals surface area contributed by atoms with Crippen LogP contribution in [0.5, 0.6) is 0 Å². The summed E-state index contributed by atoms with van der Waals surface area (Å²) in [6.45, 7) is 6.82. The molecule has 2 unspecified atom stereocenters. The fraction of sp³-hybridized carbons (Fsp3) is 0.750. The molecule has 1 aromatic heterocycles. The average Bonchev–Trinajstić information content (AvgIpc) is 3.01. The second-order valence-electron chi connectivity index (χ2n) is 6.93. The van der Waals surface area contributed by atoms with Gasteiger partial charge in [0.15, 0.2) is 11.7 Å². The summed E-state index contributed by atoms with van der Waals surface area (Å²) in [6, 6.07) is 0.209. The lowest BCUT2D eigenvalue weighted by Gasteiger charge is -2.59. The SMILES string of the molecule is CN=C(NCCc1nc(C(F)(F)F)cs1)NC1CC(C)(OC)C1(C)C. The molecular formula is C16H25F3N4OS. The van der Waals surface area contributed by atoms with Gasteiger partial charge in [-0.3, -0.25) is 4.99 Å². The van der Waals surface area contributed by atoms with E-state index in [-0.39, 0.29) is 17.1 Å². The van der Waals surface area contributed by atoms with Gasteiger partial charge in [0.25, 0.3) is 0 Å². The topological polar surface area (TPSA) is 58.5 Å². The minimum absolute atomic E-state index is 0.0592. The molecule has 2 rings (SSSR count). The van der Waals surface area contributed by atoms with Crippen LogP contribution in [0, 0.1) is 5.41 Å². The van der Waals surface area contributed by atoms with Crippen molar-refractivity contribution in [2.75, 3.05) is 20.7 Å². The van der Waals surface area contributed by atoms with Crippen LogP contribution in [-0.4, -0.2) is 43.3 Å². The van der Waals surface area contributed by atoms with Crippen molar-refractivity contribution in [1.82, 2.24) is 15.6 Å². The number of rotatable bonds is 5. The lowest BCUT2D eigenvalue weighted by atomic mass is 9.56. The van der Waals surface area contributed by atoms with E-state index in [0.717, 1.165) is 23.1 Å². The van der Waals surface area contributed by atoms with Crippen molar-refractivity contribution in [3.05, 3.63) is 16.1 Å². The molecule has 2 N–H and O–H groups in total. The van der Waals surface area contributed by atoms with Gasteiger partial charge in [-0.1, -0.05) is 13.8 Å². The lowest BCUT2D eigenvalue weighted by Crippen LogP contribution is -2.69. The van der Waals surface area contributed by atoms with Gasteiger partial charge in [-0.05, 0) is 13.3 Å². The molecule has 9 heteroatoms. The number of halogens is 3. The van der Waals surface area contributed by atoms with Crippen LogP contribution >= 0.6 is 11.3 Å². The largest absolute Gasteiger partial charge is 0.434 e. The van der Waals surface area contributed by atoms with E-state index in [1.807, 2.05) is 0 Å². The standard InChI is InChI=1S/C16H25F3N4OS/c1-14(2)10(8-15(14,3)24-5)23-13(20-4)21-7-6-12-22-11(9-25-12)16(17,18)19/h9-10H,6-8H2,1-5H3,(H2,20,21,23). The number of methoxy groups -OCH3 is 1. The van der Waals surface area contributed by atoms with Gasteiger partial charge < -0.3 is 15.4 Å². The molecule has 0 saturated heterocycles. The predicted octanol–water partition coefficient (Wildman–Crippen LogP) is 3.07. The Labute approximate surface area is 150 Å². The van der Waals surface area contributed by atoms with Crippen LogP contribution in [-0.2, 0) is 17.3 Å². The summed E-state index contributed by atoms with van der Waals surface area (Å²) in [4.78, 5) is 7.80. The van der Waals surface area contributed by atoms with Crippen molar-refractivity contribution in [3.8, 4) is 0 Å². The van der Waals surface area contributed by atoms with Crippen LogP contribution in [0.25, 0.3) is 0 Å². The highest BCUT2D eigenvalue weighted by Crippen LogP contribution is 2.51. The van der Waals surface area contributed by atoms with E-state index in [1.165, 1.54) is 0 Å². The molecule has 1 fully saturated rings. The Hall–Kier alpha value is -1.35. The number of guanidine groups is 1. The summed E-state index contributed by atoms with van der Waals surface area (Å²) < 4.78 is 43.3. The summed E-state index contributed by atoms with van der Waals surface area (Å²) in [7, 11) is 3.38. The summed E-state index contributed by atoms with van der Waals surface area (Å²) in [5, 5.41) is 7.99. The maximum Gasteiger partial charge on any atom is 0.434 e. The van der Waals surface area contributed by atoms with Crippen molar-refractivity contribution in [3.63, 3.8) is 0 Å². The van der Waals surface area contributed by atoms with E-state index >= 15 is 0 Å². The number of ether oxygens (including phenoxy) is 1. The quantitative estimate of drug-likeness (QED) is 0.611. The summed E-state index contributed by atoms with van der Waals surface area (Å²) in [5.74, 6) is 0.629. The van der Waals surface area contributed by atoms with Gasteiger partial charge >= 0.3 is 6.18 Å². The maximum atomic E-state index is 12.5. The molecule has 142 valence electrons. The molecule has 1 heterocycles. The van der Waals surface area contributed by atoms with Crippen LogP contribution < -0.4 is 10.6 Å². The molecule has 0 spiro atoms. The molecule has 0 amide bonds. The zero-order valence-electron chi connectivity index (χ0n) is 15.1. The Balaban J connectivity index is 1.83. The van der Waals surface area contributed by atoms with Crippen molar-refractivity contribution >= 4 is 17.3 Å². The van der Waals surface area contributed by atoms with Crippen molar-refractivity contribution in [1.29, 1.82) is 0 Å². The van der Waals surface area contributed by atoms with Crippen LogP contribution in [0.1, 0.15) is 37.9 Å². The molecule has 0 aliphatic heterocycles. The third-order valence-corrected chi connectivity index (χ3v) is 6.19. The van der Waals surface area contributed by atoms with Gasteiger partial charge in [-0.25, -0.2) is 4.98 Å². The zero-order valence-corrected chi connectivity index (χ0v) is 15.9. The molecule has 1 saturated carbocycles. The van der Waals surface area contributed by atoms with Gasteiger partial charge in [0.2, 0.25) is 0 Å². The first-order valence-corrected chi connectivity index (χ1v) is 8.95. The van der Waals surface area contributed by atoms with Gasteiger partial charge in [0, 0.05) is 44.0 Å². The highest BCUT2D eigenvalue weighted by Gasteiger charge is 2.58. The Morgan fingerprint density at radius 3 is 2.60 bits per heavy atom. The number of aromatic nitrogens is 1. The second kappa shape index (κ2) is 7.11. The predicted molar refractivity (Wildman–Crippen MR) is 92.9 cm³/mol. The lowest BCUT2D eigenvalue weighted by molar-refractivity contribution is -0.176. The smallest absolute Gasteiger partial charge is 0.378 e. The molecule has 0 radical (unpaired) electrons. The number of nitrogens with one attached hydrogen (secondary N) is 2. The van der Waals surface area contributed by atoms with E-state index in [4.69, 9.17) is 4.74 Å². The highest BCUT2D eigenvalue weighted by atomic mass is 32.1. The molecule has 1 aromatic rings. The van der Waals surface area contributed by atoms with E-state index in [2.05, 4.69) is 41.4 Å². The first-order valence-electron chi connectivity index (χ1n) is 8.07. The summed E-state index contributed by atoms with van der Waals surface area (Å²) >= 11 is 1.02. The van der Waals surface area contributed by atoms with Gasteiger partial charge in [0.1, 0.15) is 0 Å². The molecule has 0 aromatic carbocycles. The molecule has 5 nitrogen and oxygen atoms in total. The van der Waals surface area contributed by atoms with Gasteiger partial charge in [0.05, 0.1) is 10.6 Å². The molecule has 25 heavy (non-hydrogen) atoms. The van der Waals surface area contributed by atoms with Gasteiger partial charge in [-0.2, -0.15) is 13.2 Å². The zero-order chi connectivity index (χ0) is 18.9. The number of thiazole rings is 1. The van der Waals surface area contributed by atoms with E-state index < -0.39 is 11.9 Å². The maximum absolute atomic E-state index is 12.5. The Morgan fingerprint density at radius 2 is 2.12 bits per heavy atom. The minimum atomic E-state index is -4.39. The number of hydrogen-bond acceptors (Lipinski definition) is 4. The van der Waals surface area contributed by atoms with E-state index in [0.29, 0.717) is 23.9 Å².